The van der Waals surface area contributed by atoms with Gasteiger partial charge in [0.25, 0.3) is 0 Å². The van der Waals surface area contributed by atoms with Crippen molar-refractivity contribution in [3.63, 3.8) is 0 Å². The maximum atomic E-state index is 11.3. The minimum atomic E-state index is -1.67. The molecule has 0 bridgehead atoms. The summed E-state index contributed by atoms with van der Waals surface area (Å²) in [6, 6.07) is 8.83. The van der Waals surface area contributed by atoms with Crippen molar-refractivity contribution in [3.8, 4) is 0 Å². The van der Waals surface area contributed by atoms with Crippen LogP contribution >= 0.6 is 33.0 Å². The Morgan fingerprint density at radius 3 is 1.11 bits per heavy atom. The van der Waals surface area contributed by atoms with Crippen LogP contribution in [0.25, 0.3) is 0 Å². The first-order valence-electron chi connectivity index (χ1n) is 9.50. The maximum absolute atomic E-state index is 11.3. The van der Waals surface area contributed by atoms with Crippen molar-refractivity contribution in [1.82, 2.24) is 0 Å². The average molecular weight is 586 g/mol. The van der Waals surface area contributed by atoms with Crippen LogP contribution in [0.3, 0.4) is 0 Å². The van der Waals surface area contributed by atoms with Gasteiger partial charge in [-0.2, -0.15) is 0 Å². The third-order valence-corrected chi connectivity index (χ3v) is 4.32. The molecule has 0 saturated carbocycles. The first kappa shape index (κ1) is 33.3. The van der Waals surface area contributed by atoms with Gasteiger partial charge >= 0.3 is 23.9 Å². The Hall–Kier alpha value is -2.70. The molecule has 0 fully saturated rings. The number of aliphatic hydroxyl groups is 1. The standard InChI is InChI=1S/C11H11ClO4.C11H12O5.Cl2OS/c2*1-15-10(13)8-3-7(6-12)4-9(5-8)11(14)16-2;1-4(2)3/h3-5H,6H2,1-2H3;3-5,12H,6H2,1-2H3;. The largest absolute Gasteiger partial charge is 0.465 e. The first-order valence-corrected chi connectivity index (χ1v) is 12.8. The van der Waals surface area contributed by atoms with E-state index in [1.165, 1.54) is 52.7 Å². The first-order chi connectivity index (χ1) is 17.0. The van der Waals surface area contributed by atoms with Crippen molar-refractivity contribution in [3.05, 3.63) is 69.8 Å². The summed E-state index contributed by atoms with van der Waals surface area (Å²) < 4.78 is 27.3. The summed E-state index contributed by atoms with van der Waals surface area (Å²) >= 11 is 5.66. The van der Waals surface area contributed by atoms with Gasteiger partial charge in [-0.3, -0.25) is 0 Å². The van der Waals surface area contributed by atoms with Crippen molar-refractivity contribution in [2.24, 2.45) is 0 Å². The molecule has 36 heavy (non-hydrogen) atoms. The molecule has 0 spiro atoms. The van der Waals surface area contributed by atoms with Crippen LogP contribution in [0.1, 0.15) is 52.6 Å². The summed E-state index contributed by atoms with van der Waals surface area (Å²) in [6.45, 7) is -0.269. The normalized spacial score (nSPS) is 9.58. The summed E-state index contributed by atoms with van der Waals surface area (Å²) in [5, 5.41) is 8.99. The Bertz CT molecular complexity index is 940. The lowest BCUT2D eigenvalue weighted by atomic mass is 10.1. The molecule has 198 valence electrons. The van der Waals surface area contributed by atoms with Crippen LogP contribution in [-0.2, 0) is 40.7 Å². The number of halogens is 3. The number of hydrogen-bond acceptors (Lipinski definition) is 10. The summed E-state index contributed by atoms with van der Waals surface area (Å²) in [7, 11) is 12.4. The zero-order valence-corrected chi connectivity index (χ0v) is 22.6. The fraction of sp³-hybridized carbons (Fsp3) is 0.273. The van der Waals surface area contributed by atoms with Gasteiger partial charge in [0.1, 0.15) is 0 Å². The predicted octanol–water partition coefficient (Wildman–Crippen LogP) is 3.79. The van der Waals surface area contributed by atoms with Crippen LogP contribution in [0.5, 0.6) is 0 Å². The van der Waals surface area contributed by atoms with Gasteiger partial charge in [0.05, 0.1) is 57.3 Å². The molecule has 1 N–H and O–H groups in total. The molecule has 0 amide bonds. The van der Waals surface area contributed by atoms with Gasteiger partial charge in [-0.15, -0.1) is 11.6 Å². The number of carbonyl (C=O) groups is 4. The van der Waals surface area contributed by atoms with Gasteiger partial charge in [-0.25, -0.2) is 23.4 Å². The molecule has 0 radical (unpaired) electrons. The van der Waals surface area contributed by atoms with E-state index in [1.807, 2.05) is 0 Å². The van der Waals surface area contributed by atoms with E-state index in [9.17, 15) is 19.2 Å². The highest BCUT2D eigenvalue weighted by molar-refractivity contribution is 8.26. The number of esters is 4. The van der Waals surface area contributed by atoms with Gasteiger partial charge in [-0.05, 0) is 47.5 Å². The van der Waals surface area contributed by atoms with Gasteiger partial charge in [0.2, 0.25) is 9.23 Å². The van der Waals surface area contributed by atoms with Crippen molar-refractivity contribution in [2.45, 2.75) is 12.5 Å². The Kier molecular flexibility index (Phi) is 16.4. The van der Waals surface area contributed by atoms with E-state index in [-0.39, 0.29) is 34.7 Å². The lowest BCUT2D eigenvalue weighted by Gasteiger charge is -2.05. The number of ether oxygens (including phenoxy) is 4. The summed E-state index contributed by atoms with van der Waals surface area (Å²) in [6.07, 6.45) is 0. The summed E-state index contributed by atoms with van der Waals surface area (Å²) in [4.78, 5) is 45.2. The highest BCUT2D eigenvalue weighted by Gasteiger charge is 2.14. The smallest absolute Gasteiger partial charge is 0.337 e. The number of methoxy groups -OCH3 is 4. The van der Waals surface area contributed by atoms with Crippen molar-refractivity contribution >= 4 is 66.1 Å². The predicted molar refractivity (Wildman–Crippen MR) is 134 cm³/mol. The molecule has 0 aliphatic rings. The highest BCUT2D eigenvalue weighted by atomic mass is 36.0. The number of benzene rings is 2. The highest BCUT2D eigenvalue weighted by Crippen LogP contribution is 2.15. The number of carbonyl (C=O) groups excluding carboxylic acids is 4. The average Bonchev–Trinajstić information content (AvgIpc) is 2.90. The van der Waals surface area contributed by atoms with Gasteiger partial charge in [-0.1, -0.05) is 0 Å². The molecule has 0 heterocycles. The van der Waals surface area contributed by atoms with Gasteiger partial charge in [0, 0.05) is 27.2 Å². The molecule has 2 rings (SSSR count). The molecule has 0 unspecified atom stereocenters. The van der Waals surface area contributed by atoms with Crippen LogP contribution < -0.4 is 0 Å². The molecule has 2 aromatic rings. The second-order valence-corrected chi connectivity index (χ2v) is 9.07. The third-order valence-electron chi connectivity index (χ3n) is 4.01. The lowest BCUT2D eigenvalue weighted by Crippen LogP contribution is -2.07. The van der Waals surface area contributed by atoms with Crippen LogP contribution in [0.15, 0.2) is 36.4 Å². The Morgan fingerprint density at radius 1 is 0.667 bits per heavy atom. The number of rotatable bonds is 6. The van der Waals surface area contributed by atoms with Crippen molar-refractivity contribution < 1.29 is 47.4 Å². The van der Waals surface area contributed by atoms with Crippen LogP contribution in [0, 0.1) is 0 Å². The molecule has 0 saturated heterocycles. The van der Waals surface area contributed by atoms with E-state index in [0.29, 0.717) is 11.1 Å². The van der Waals surface area contributed by atoms with E-state index in [4.69, 9.17) is 20.9 Å². The minimum absolute atomic E-state index is 0.203. The lowest BCUT2D eigenvalue weighted by molar-refractivity contribution is 0.0581. The third kappa shape index (κ3) is 11.8. The molecule has 14 heteroatoms. The van der Waals surface area contributed by atoms with E-state index in [1.54, 1.807) is 12.1 Å². The fourth-order valence-corrected chi connectivity index (χ4v) is 2.65. The molecular weight excluding hydrogens is 563 g/mol. The van der Waals surface area contributed by atoms with E-state index in [2.05, 4.69) is 40.3 Å². The second-order valence-electron chi connectivity index (χ2n) is 6.28. The van der Waals surface area contributed by atoms with Crippen LogP contribution in [-0.4, -0.2) is 61.6 Å². The molecular formula is C22H23Cl3O10S. The fourth-order valence-electron chi connectivity index (χ4n) is 2.50. The van der Waals surface area contributed by atoms with Crippen LogP contribution in [0.4, 0.5) is 0 Å². The van der Waals surface area contributed by atoms with Gasteiger partial charge < -0.3 is 24.1 Å². The monoisotopic (exact) mass is 584 g/mol. The van der Waals surface area contributed by atoms with E-state index < -0.39 is 33.1 Å². The quantitative estimate of drug-likeness (QED) is 0.230. The zero-order chi connectivity index (χ0) is 27.8. The summed E-state index contributed by atoms with van der Waals surface area (Å²) in [5.74, 6) is -1.97. The number of alkyl halides is 1. The molecule has 2 aromatic carbocycles. The summed E-state index contributed by atoms with van der Waals surface area (Å²) in [5.41, 5.74) is 2.07. The van der Waals surface area contributed by atoms with E-state index >= 15 is 0 Å². The second kappa shape index (κ2) is 17.7. The maximum Gasteiger partial charge on any atom is 0.337 e. The molecule has 0 aliphatic heterocycles. The van der Waals surface area contributed by atoms with E-state index in [0.717, 1.165) is 0 Å². The molecule has 10 nitrogen and oxygen atoms in total. The topological polar surface area (TPSA) is 143 Å². The van der Waals surface area contributed by atoms with Crippen molar-refractivity contribution in [1.29, 1.82) is 0 Å². The minimum Gasteiger partial charge on any atom is -0.465 e. The molecule has 0 aliphatic carbocycles. The van der Waals surface area contributed by atoms with Gasteiger partial charge in [0.15, 0.2) is 0 Å². The molecule has 0 aromatic heterocycles. The number of hydrogen-bond donors (Lipinski definition) is 1. The number of aliphatic hydroxyl groups excluding tert-OH is 1. The SMILES string of the molecule is COC(=O)c1cc(CCl)cc(C(=O)OC)c1.COC(=O)c1cc(CO)cc(C(=O)OC)c1.O=S(Cl)Cl. The molecule has 0 atom stereocenters. The Morgan fingerprint density at radius 2 is 0.917 bits per heavy atom. The van der Waals surface area contributed by atoms with Crippen molar-refractivity contribution in [2.75, 3.05) is 28.4 Å². The Labute approximate surface area is 223 Å². The Balaban J connectivity index is 0.000000593. The zero-order valence-electron chi connectivity index (χ0n) is 19.5. The van der Waals surface area contributed by atoms with Crippen LogP contribution in [0.2, 0.25) is 0 Å².